The first kappa shape index (κ1) is 27.5. The summed E-state index contributed by atoms with van der Waals surface area (Å²) in [5.41, 5.74) is 4.69. The number of rotatable bonds is 13. The number of imidazole rings is 1. The summed E-state index contributed by atoms with van der Waals surface area (Å²) >= 11 is 0. The fourth-order valence-electron chi connectivity index (χ4n) is 5.68. The van der Waals surface area contributed by atoms with Gasteiger partial charge in [-0.3, -0.25) is 4.90 Å². The second-order valence-corrected chi connectivity index (χ2v) is 11.7. The minimum atomic E-state index is 0.658. The van der Waals surface area contributed by atoms with Crippen molar-refractivity contribution in [3.63, 3.8) is 0 Å². The van der Waals surface area contributed by atoms with Crippen molar-refractivity contribution in [1.29, 1.82) is 0 Å². The molecular formula is C31H48N5O+. The number of ether oxygens (including phenoxy) is 1. The SMILES string of the molecule is COc1ccc(Nc2nc3ccc(CN(CC(C)C)CC(C)C)cc3n2CCC[NH+]2CCCCC2)cc1. The third-order valence-electron chi connectivity index (χ3n) is 7.28. The first-order valence-electron chi connectivity index (χ1n) is 14.4. The van der Waals surface area contributed by atoms with Gasteiger partial charge in [0.2, 0.25) is 5.95 Å². The van der Waals surface area contributed by atoms with Crippen LogP contribution in [0.1, 0.15) is 58.9 Å². The van der Waals surface area contributed by atoms with Crippen LogP contribution in [0.15, 0.2) is 42.5 Å². The molecule has 4 rings (SSSR count). The molecule has 0 radical (unpaired) electrons. The van der Waals surface area contributed by atoms with Gasteiger partial charge >= 0.3 is 0 Å². The van der Waals surface area contributed by atoms with Crippen LogP contribution in [-0.4, -0.2) is 54.3 Å². The molecular weight excluding hydrogens is 458 g/mol. The van der Waals surface area contributed by atoms with Crippen LogP contribution in [0.5, 0.6) is 5.75 Å². The van der Waals surface area contributed by atoms with Crippen LogP contribution in [0, 0.1) is 11.8 Å². The van der Waals surface area contributed by atoms with Gasteiger partial charge in [-0.15, -0.1) is 0 Å². The van der Waals surface area contributed by atoms with Crippen LogP contribution in [0.25, 0.3) is 11.0 Å². The monoisotopic (exact) mass is 506 g/mol. The molecule has 3 aromatic rings. The Labute approximate surface area is 224 Å². The standard InChI is InChI=1S/C31H47N5O/c1-24(2)21-35(22-25(3)4)23-26-10-15-29-30(20-26)36(19-9-18-34-16-7-6-8-17-34)31(33-29)32-27-11-13-28(37-5)14-12-27/h10-15,20,24-25H,6-9,16-19,21-23H2,1-5H3,(H,32,33)/p+1. The number of hydrogen-bond donors (Lipinski definition) is 2. The highest BCUT2D eigenvalue weighted by atomic mass is 16.5. The highest BCUT2D eigenvalue weighted by Gasteiger charge is 2.17. The van der Waals surface area contributed by atoms with Gasteiger partial charge in [0.05, 0.1) is 37.8 Å². The summed E-state index contributed by atoms with van der Waals surface area (Å²) in [6, 6.07) is 14.9. The highest BCUT2D eigenvalue weighted by Crippen LogP contribution is 2.26. The summed E-state index contributed by atoms with van der Waals surface area (Å²) in [5, 5.41) is 3.59. The van der Waals surface area contributed by atoms with Crippen molar-refractivity contribution in [2.75, 3.05) is 45.2 Å². The van der Waals surface area contributed by atoms with Crippen molar-refractivity contribution in [1.82, 2.24) is 14.5 Å². The smallest absolute Gasteiger partial charge is 0.208 e. The molecule has 202 valence electrons. The molecule has 0 unspecified atom stereocenters. The molecule has 0 saturated carbocycles. The van der Waals surface area contributed by atoms with Crippen molar-refractivity contribution in [2.24, 2.45) is 11.8 Å². The number of quaternary nitrogens is 1. The molecule has 0 amide bonds. The van der Waals surface area contributed by atoms with E-state index in [-0.39, 0.29) is 0 Å². The number of piperidine rings is 1. The summed E-state index contributed by atoms with van der Waals surface area (Å²) in [5.74, 6) is 3.10. The second kappa shape index (κ2) is 13.3. The quantitative estimate of drug-likeness (QED) is 0.328. The number of hydrogen-bond acceptors (Lipinski definition) is 4. The maximum absolute atomic E-state index is 5.34. The maximum atomic E-state index is 5.34. The third kappa shape index (κ3) is 7.96. The van der Waals surface area contributed by atoms with Crippen LogP contribution in [0.3, 0.4) is 0 Å². The van der Waals surface area contributed by atoms with E-state index in [1.807, 2.05) is 12.1 Å². The lowest BCUT2D eigenvalue weighted by Crippen LogP contribution is -3.12. The Morgan fingerprint density at radius 3 is 2.32 bits per heavy atom. The number of aromatic nitrogens is 2. The summed E-state index contributed by atoms with van der Waals surface area (Å²) in [6.45, 7) is 17.3. The van der Waals surface area contributed by atoms with Gasteiger partial charge in [0, 0.05) is 38.3 Å². The van der Waals surface area contributed by atoms with Gasteiger partial charge in [-0.05, 0) is 73.1 Å². The summed E-state index contributed by atoms with van der Waals surface area (Å²) in [6.07, 6.45) is 5.31. The zero-order chi connectivity index (χ0) is 26.2. The van der Waals surface area contributed by atoms with Crippen LogP contribution in [-0.2, 0) is 13.1 Å². The van der Waals surface area contributed by atoms with E-state index in [2.05, 4.69) is 72.8 Å². The zero-order valence-corrected chi connectivity index (χ0v) is 23.7. The fraction of sp³-hybridized carbons (Fsp3) is 0.581. The largest absolute Gasteiger partial charge is 0.497 e. The van der Waals surface area contributed by atoms with Gasteiger partial charge in [-0.1, -0.05) is 33.8 Å². The number of fused-ring (bicyclic) bond motifs is 1. The number of aryl methyl sites for hydroxylation is 1. The average Bonchev–Trinajstić information content (AvgIpc) is 3.20. The van der Waals surface area contributed by atoms with E-state index in [9.17, 15) is 0 Å². The van der Waals surface area contributed by atoms with E-state index < -0.39 is 0 Å². The third-order valence-corrected chi connectivity index (χ3v) is 7.28. The Hall–Kier alpha value is -2.57. The first-order chi connectivity index (χ1) is 17.9. The van der Waals surface area contributed by atoms with E-state index in [4.69, 9.17) is 9.72 Å². The molecule has 0 spiro atoms. The average molecular weight is 507 g/mol. The molecule has 1 aliphatic heterocycles. The minimum Gasteiger partial charge on any atom is -0.497 e. The topological polar surface area (TPSA) is 46.8 Å². The molecule has 1 saturated heterocycles. The number of nitrogens with one attached hydrogen (secondary N) is 2. The molecule has 6 heteroatoms. The predicted octanol–water partition coefficient (Wildman–Crippen LogP) is 5.36. The van der Waals surface area contributed by atoms with Gasteiger partial charge in [-0.25, -0.2) is 4.98 Å². The van der Waals surface area contributed by atoms with Crippen molar-refractivity contribution < 1.29 is 9.64 Å². The van der Waals surface area contributed by atoms with E-state index in [0.717, 1.165) is 55.5 Å². The Kier molecular flexibility index (Phi) is 9.87. The lowest BCUT2D eigenvalue weighted by molar-refractivity contribution is -0.905. The Morgan fingerprint density at radius 2 is 1.68 bits per heavy atom. The molecule has 1 fully saturated rings. The second-order valence-electron chi connectivity index (χ2n) is 11.7. The molecule has 2 heterocycles. The molecule has 1 aliphatic rings. The lowest BCUT2D eigenvalue weighted by Gasteiger charge is -2.26. The van der Waals surface area contributed by atoms with Gasteiger partial charge in [0.25, 0.3) is 0 Å². The molecule has 0 aliphatic carbocycles. The number of nitrogens with zero attached hydrogens (tertiary/aromatic N) is 3. The number of likely N-dealkylation sites (tertiary alicyclic amines) is 1. The number of benzene rings is 2. The van der Waals surface area contributed by atoms with E-state index in [1.54, 1.807) is 12.0 Å². The molecule has 0 bridgehead atoms. The number of methoxy groups -OCH3 is 1. The molecule has 6 nitrogen and oxygen atoms in total. The maximum Gasteiger partial charge on any atom is 0.208 e. The Bertz CT molecular complexity index is 1090. The van der Waals surface area contributed by atoms with E-state index in [0.29, 0.717) is 11.8 Å². The molecule has 37 heavy (non-hydrogen) atoms. The van der Waals surface area contributed by atoms with Crippen molar-refractivity contribution in [3.8, 4) is 5.75 Å². The summed E-state index contributed by atoms with van der Waals surface area (Å²) in [7, 11) is 1.70. The van der Waals surface area contributed by atoms with Crippen molar-refractivity contribution in [3.05, 3.63) is 48.0 Å². The van der Waals surface area contributed by atoms with Gasteiger partial charge in [0.1, 0.15) is 5.75 Å². The zero-order valence-electron chi connectivity index (χ0n) is 23.7. The Balaban J connectivity index is 1.58. The number of anilines is 2. The van der Waals surface area contributed by atoms with Crippen molar-refractivity contribution >= 4 is 22.7 Å². The normalized spacial score (nSPS) is 14.8. The van der Waals surface area contributed by atoms with Gasteiger partial charge < -0.3 is 19.5 Å². The van der Waals surface area contributed by atoms with Crippen LogP contribution in [0.4, 0.5) is 11.6 Å². The summed E-state index contributed by atoms with van der Waals surface area (Å²) in [4.78, 5) is 9.40. The first-order valence-corrected chi connectivity index (χ1v) is 14.4. The molecule has 1 aromatic heterocycles. The van der Waals surface area contributed by atoms with Crippen LogP contribution < -0.4 is 15.0 Å². The molecule has 2 aromatic carbocycles. The van der Waals surface area contributed by atoms with Crippen molar-refractivity contribution in [2.45, 2.75) is 66.5 Å². The van der Waals surface area contributed by atoms with Crippen LogP contribution in [0.2, 0.25) is 0 Å². The van der Waals surface area contributed by atoms with Gasteiger partial charge in [-0.2, -0.15) is 0 Å². The Morgan fingerprint density at radius 1 is 0.973 bits per heavy atom. The lowest BCUT2D eigenvalue weighted by atomic mass is 10.1. The van der Waals surface area contributed by atoms with Crippen LogP contribution >= 0.6 is 0 Å². The predicted molar refractivity (Wildman–Crippen MR) is 155 cm³/mol. The molecule has 0 atom stereocenters. The fourth-order valence-corrected chi connectivity index (χ4v) is 5.68. The highest BCUT2D eigenvalue weighted by molar-refractivity contribution is 5.80. The van der Waals surface area contributed by atoms with E-state index in [1.165, 1.54) is 50.0 Å². The minimum absolute atomic E-state index is 0.658. The van der Waals surface area contributed by atoms with Gasteiger partial charge in [0.15, 0.2) is 0 Å². The summed E-state index contributed by atoms with van der Waals surface area (Å²) < 4.78 is 7.74. The van der Waals surface area contributed by atoms with E-state index >= 15 is 0 Å². The molecule has 2 N–H and O–H groups in total.